The van der Waals surface area contributed by atoms with Crippen LogP contribution in [0.2, 0.25) is 5.02 Å². The minimum atomic E-state index is -0.478. The van der Waals surface area contributed by atoms with E-state index in [1.807, 2.05) is 0 Å². The van der Waals surface area contributed by atoms with Gasteiger partial charge in [-0.15, -0.1) is 6.58 Å². The standard InChI is InChI=1S/C17H16ClN3O3/c1-3-9-19-16(22)12-5-4-6-13(20-12)17(23)21-14-10-11(18)7-8-15(14)24-2/h3-8,10H,1,9H2,2H3,(H,19,22)(H,21,23). The van der Waals surface area contributed by atoms with E-state index in [1.54, 1.807) is 30.3 Å². The predicted molar refractivity (Wildman–Crippen MR) is 92.7 cm³/mol. The van der Waals surface area contributed by atoms with Gasteiger partial charge in [0.25, 0.3) is 11.8 Å². The number of methoxy groups -OCH3 is 1. The third kappa shape index (κ3) is 4.33. The lowest BCUT2D eigenvalue weighted by Crippen LogP contribution is -2.25. The predicted octanol–water partition coefficient (Wildman–Crippen LogP) is 2.91. The average Bonchev–Trinajstić information content (AvgIpc) is 2.60. The van der Waals surface area contributed by atoms with Crippen molar-refractivity contribution in [1.82, 2.24) is 10.3 Å². The Kier molecular flexibility index (Phi) is 5.92. The van der Waals surface area contributed by atoms with E-state index in [1.165, 1.54) is 19.2 Å². The Morgan fingerprint density at radius 1 is 1.25 bits per heavy atom. The molecule has 0 aliphatic rings. The maximum Gasteiger partial charge on any atom is 0.274 e. The summed E-state index contributed by atoms with van der Waals surface area (Å²) < 4.78 is 5.18. The molecule has 0 radical (unpaired) electrons. The fourth-order valence-electron chi connectivity index (χ4n) is 1.91. The fraction of sp³-hybridized carbons (Fsp3) is 0.118. The van der Waals surface area contributed by atoms with Crippen molar-refractivity contribution < 1.29 is 14.3 Å². The Balaban J connectivity index is 2.20. The first-order valence-electron chi connectivity index (χ1n) is 7.06. The third-order valence-corrected chi connectivity index (χ3v) is 3.27. The Morgan fingerprint density at radius 3 is 2.62 bits per heavy atom. The van der Waals surface area contributed by atoms with Crippen molar-refractivity contribution in [3.8, 4) is 5.75 Å². The van der Waals surface area contributed by atoms with Gasteiger partial charge in [-0.05, 0) is 30.3 Å². The molecule has 2 rings (SSSR count). The molecule has 1 aromatic heterocycles. The van der Waals surface area contributed by atoms with Crippen LogP contribution >= 0.6 is 11.6 Å². The lowest BCUT2D eigenvalue weighted by molar-refractivity contribution is 0.0953. The van der Waals surface area contributed by atoms with Gasteiger partial charge in [0.1, 0.15) is 17.1 Å². The molecule has 1 aromatic carbocycles. The smallest absolute Gasteiger partial charge is 0.274 e. The number of anilines is 1. The normalized spacial score (nSPS) is 9.92. The van der Waals surface area contributed by atoms with Crippen molar-refractivity contribution >= 4 is 29.1 Å². The van der Waals surface area contributed by atoms with Crippen LogP contribution in [-0.4, -0.2) is 30.5 Å². The number of hydrogen-bond donors (Lipinski definition) is 2. The van der Waals surface area contributed by atoms with Crippen LogP contribution < -0.4 is 15.4 Å². The van der Waals surface area contributed by atoms with E-state index in [9.17, 15) is 9.59 Å². The Morgan fingerprint density at radius 2 is 1.96 bits per heavy atom. The summed E-state index contributed by atoms with van der Waals surface area (Å²) in [6.07, 6.45) is 1.56. The molecule has 0 fully saturated rings. The molecule has 2 aromatic rings. The number of hydrogen-bond acceptors (Lipinski definition) is 4. The summed E-state index contributed by atoms with van der Waals surface area (Å²) in [5, 5.41) is 5.73. The number of aromatic nitrogens is 1. The quantitative estimate of drug-likeness (QED) is 0.789. The second-order valence-electron chi connectivity index (χ2n) is 4.71. The van der Waals surface area contributed by atoms with Crippen LogP contribution in [0.15, 0.2) is 49.1 Å². The zero-order valence-corrected chi connectivity index (χ0v) is 13.8. The van der Waals surface area contributed by atoms with Gasteiger partial charge in [-0.25, -0.2) is 4.98 Å². The second kappa shape index (κ2) is 8.12. The van der Waals surface area contributed by atoms with Crippen LogP contribution in [0, 0.1) is 0 Å². The van der Waals surface area contributed by atoms with Gasteiger partial charge in [0.2, 0.25) is 0 Å². The number of benzene rings is 1. The Hall–Kier alpha value is -2.86. The number of amides is 2. The monoisotopic (exact) mass is 345 g/mol. The largest absolute Gasteiger partial charge is 0.495 e. The molecule has 24 heavy (non-hydrogen) atoms. The summed E-state index contributed by atoms with van der Waals surface area (Å²) in [6, 6.07) is 9.48. The maximum absolute atomic E-state index is 12.4. The van der Waals surface area contributed by atoms with Crippen molar-refractivity contribution in [3.05, 3.63) is 65.5 Å². The number of pyridine rings is 1. The highest BCUT2D eigenvalue weighted by molar-refractivity contribution is 6.31. The molecule has 0 bridgehead atoms. The van der Waals surface area contributed by atoms with Crippen molar-refractivity contribution in [2.45, 2.75) is 0 Å². The molecule has 7 heteroatoms. The molecule has 0 aliphatic carbocycles. The zero-order chi connectivity index (χ0) is 17.5. The highest BCUT2D eigenvalue weighted by atomic mass is 35.5. The van der Waals surface area contributed by atoms with Crippen LogP contribution in [0.4, 0.5) is 5.69 Å². The summed E-state index contributed by atoms with van der Waals surface area (Å²) in [7, 11) is 1.49. The third-order valence-electron chi connectivity index (χ3n) is 3.03. The van der Waals surface area contributed by atoms with Gasteiger partial charge in [-0.1, -0.05) is 23.7 Å². The van der Waals surface area contributed by atoms with Gasteiger partial charge in [0, 0.05) is 11.6 Å². The summed E-state index contributed by atoms with van der Waals surface area (Å²) in [4.78, 5) is 28.3. The van der Waals surface area contributed by atoms with E-state index in [0.717, 1.165) is 0 Å². The molecule has 6 nitrogen and oxygen atoms in total. The van der Waals surface area contributed by atoms with E-state index in [2.05, 4.69) is 22.2 Å². The van der Waals surface area contributed by atoms with Gasteiger partial charge in [-0.3, -0.25) is 9.59 Å². The molecular formula is C17H16ClN3O3. The molecule has 0 saturated carbocycles. The van der Waals surface area contributed by atoms with E-state index in [0.29, 0.717) is 23.0 Å². The number of nitrogens with one attached hydrogen (secondary N) is 2. The first-order chi connectivity index (χ1) is 11.5. The van der Waals surface area contributed by atoms with Gasteiger partial charge in [0.15, 0.2) is 0 Å². The minimum absolute atomic E-state index is 0.100. The van der Waals surface area contributed by atoms with Gasteiger partial charge in [0.05, 0.1) is 12.8 Å². The van der Waals surface area contributed by atoms with Gasteiger partial charge < -0.3 is 15.4 Å². The minimum Gasteiger partial charge on any atom is -0.495 e. The van der Waals surface area contributed by atoms with E-state index >= 15 is 0 Å². The first kappa shape index (κ1) is 17.5. The molecule has 2 amide bonds. The van der Waals surface area contributed by atoms with Crippen molar-refractivity contribution in [1.29, 1.82) is 0 Å². The number of rotatable bonds is 6. The average molecular weight is 346 g/mol. The molecule has 2 N–H and O–H groups in total. The summed E-state index contributed by atoms with van der Waals surface area (Å²) in [6.45, 7) is 3.84. The fourth-order valence-corrected chi connectivity index (χ4v) is 2.08. The Labute approximate surface area is 144 Å². The first-order valence-corrected chi connectivity index (χ1v) is 7.44. The van der Waals surface area contributed by atoms with E-state index in [-0.39, 0.29) is 17.3 Å². The topological polar surface area (TPSA) is 80.3 Å². The van der Waals surface area contributed by atoms with Crippen LogP contribution in [0.5, 0.6) is 5.75 Å². The molecule has 0 spiro atoms. The zero-order valence-electron chi connectivity index (χ0n) is 13.0. The van der Waals surface area contributed by atoms with Crippen LogP contribution in [0.25, 0.3) is 0 Å². The van der Waals surface area contributed by atoms with Crippen LogP contribution in [-0.2, 0) is 0 Å². The van der Waals surface area contributed by atoms with Crippen molar-refractivity contribution in [2.24, 2.45) is 0 Å². The lowest BCUT2D eigenvalue weighted by Gasteiger charge is -2.10. The number of halogens is 1. The number of carbonyl (C=O) groups is 2. The van der Waals surface area contributed by atoms with Crippen molar-refractivity contribution in [2.75, 3.05) is 19.0 Å². The highest BCUT2D eigenvalue weighted by Crippen LogP contribution is 2.27. The molecular weight excluding hydrogens is 330 g/mol. The molecule has 1 heterocycles. The van der Waals surface area contributed by atoms with Gasteiger partial charge in [-0.2, -0.15) is 0 Å². The molecule has 0 saturated heterocycles. The summed E-state index contributed by atoms with van der Waals surface area (Å²) in [5.74, 6) is -0.397. The van der Waals surface area contributed by atoms with Crippen LogP contribution in [0.3, 0.4) is 0 Å². The van der Waals surface area contributed by atoms with E-state index < -0.39 is 5.91 Å². The molecule has 124 valence electrons. The lowest BCUT2D eigenvalue weighted by atomic mass is 10.2. The SMILES string of the molecule is C=CCNC(=O)c1cccc(C(=O)Nc2cc(Cl)ccc2OC)n1. The molecule has 0 aliphatic heterocycles. The number of ether oxygens (including phenoxy) is 1. The summed E-state index contributed by atoms with van der Waals surface area (Å²) >= 11 is 5.94. The highest BCUT2D eigenvalue weighted by Gasteiger charge is 2.14. The molecule has 0 atom stereocenters. The Bertz CT molecular complexity index is 777. The summed E-state index contributed by atoms with van der Waals surface area (Å²) in [5.41, 5.74) is 0.657. The second-order valence-corrected chi connectivity index (χ2v) is 5.14. The molecule has 0 unspecified atom stereocenters. The van der Waals surface area contributed by atoms with Crippen LogP contribution in [0.1, 0.15) is 21.0 Å². The maximum atomic E-state index is 12.4. The number of nitrogens with zero attached hydrogens (tertiary/aromatic N) is 1. The van der Waals surface area contributed by atoms with E-state index in [4.69, 9.17) is 16.3 Å². The van der Waals surface area contributed by atoms with Gasteiger partial charge >= 0.3 is 0 Å². The number of carbonyl (C=O) groups excluding carboxylic acids is 2. The van der Waals surface area contributed by atoms with Crippen molar-refractivity contribution in [3.63, 3.8) is 0 Å².